The summed E-state index contributed by atoms with van der Waals surface area (Å²) in [7, 11) is 2.68. The van der Waals surface area contributed by atoms with E-state index in [9.17, 15) is 15.0 Å². The predicted octanol–water partition coefficient (Wildman–Crippen LogP) is 2.42. The lowest BCUT2D eigenvalue weighted by Crippen LogP contribution is -2.24. The largest absolute Gasteiger partial charge is 0.504 e. The highest BCUT2D eigenvalue weighted by Crippen LogP contribution is 2.40. The first kappa shape index (κ1) is 18.6. The molecule has 7 heteroatoms. The van der Waals surface area contributed by atoms with E-state index in [1.807, 2.05) is 13.8 Å². The molecule has 6 nitrogen and oxygen atoms in total. The number of hydrogen-bond acceptors (Lipinski definition) is 5. The molecule has 126 valence electrons. The summed E-state index contributed by atoms with van der Waals surface area (Å²) in [6.45, 7) is 5.65. The average Bonchev–Trinajstić information content (AvgIpc) is 2.45. The molecule has 0 radical (unpaired) electrons. The lowest BCUT2D eigenvalue weighted by atomic mass is 9.88. The minimum atomic E-state index is -1.14. The number of aliphatic hydroxyl groups is 1. The molecule has 0 saturated carbocycles. The fourth-order valence-electron chi connectivity index (χ4n) is 2.36. The molecule has 4 atom stereocenters. The number of nitrogens with one attached hydrogen (secondary N) is 1. The molecular formula is C15H24ClNO5. The third-order valence-electron chi connectivity index (χ3n) is 3.92. The van der Waals surface area contributed by atoms with Crippen molar-refractivity contribution in [2.75, 3.05) is 14.2 Å². The van der Waals surface area contributed by atoms with Gasteiger partial charge in [0.1, 0.15) is 0 Å². The zero-order chi connectivity index (χ0) is 17.0. The van der Waals surface area contributed by atoms with Crippen LogP contribution in [0, 0.1) is 11.8 Å². The van der Waals surface area contributed by atoms with Crippen LogP contribution >= 0.6 is 11.6 Å². The number of aromatic hydroxyl groups is 1. The molecule has 0 saturated heterocycles. The Bertz CT molecular complexity index is 558. The van der Waals surface area contributed by atoms with E-state index in [0.717, 1.165) is 0 Å². The molecule has 1 aromatic heterocycles. The summed E-state index contributed by atoms with van der Waals surface area (Å²) in [5.74, 6) is -0.513. The van der Waals surface area contributed by atoms with Gasteiger partial charge in [0.25, 0.3) is 5.56 Å². The summed E-state index contributed by atoms with van der Waals surface area (Å²) in [4.78, 5) is 14.6. The van der Waals surface area contributed by atoms with Gasteiger partial charge in [-0.1, -0.05) is 13.8 Å². The first-order chi connectivity index (χ1) is 10.2. The van der Waals surface area contributed by atoms with Crippen molar-refractivity contribution in [1.82, 2.24) is 4.98 Å². The second-order valence-corrected chi connectivity index (χ2v) is 6.28. The summed E-state index contributed by atoms with van der Waals surface area (Å²) in [6.07, 6.45) is -0.527. The van der Waals surface area contributed by atoms with Crippen LogP contribution in [0.2, 0.25) is 0 Å². The van der Waals surface area contributed by atoms with Crippen molar-refractivity contribution < 1.29 is 19.7 Å². The van der Waals surface area contributed by atoms with Crippen molar-refractivity contribution in [2.24, 2.45) is 11.8 Å². The van der Waals surface area contributed by atoms with Gasteiger partial charge in [-0.05, 0) is 25.2 Å². The smallest absolute Gasteiger partial charge is 0.260 e. The molecule has 1 rings (SSSR count). The number of hydrogen-bond donors (Lipinski definition) is 3. The van der Waals surface area contributed by atoms with E-state index < -0.39 is 17.4 Å². The molecule has 0 fully saturated rings. The molecule has 0 aliphatic rings. The Kier molecular flexibility index (Phi) is 6.56. The lowest BCUT2D eigenvalue weighted by molar-refractivity contribution is 0.0987. The van der Waals surface area contributed by atoms with Crippen LogP contribution in [-0.4, -0.2) is 34.8 Å². The maximum Gasteiger partial charge on any atom is 0.260 e. The Morgan fingerprint density at radius 3 is 2.23 bits per heavy atom. The van der Waals surface area contributed by atoms with Gasteiger partial charge in [-0.2, -0.15) is 0 Å². The van der Waals surface area contributed by atoms with E-state index in [0.29, 0.717) is 6.42 Å². The van der Waals surface area contributed by atoms with Gasteiger partial charge in [0.2, 0.25) is 11.6 Å². The molecule has 1 heterocycles. The van der Waals surface area contributed by atoms with Gasteiger partial charge in [-0.3, -0.25) is 9.78 Å². The molecule has 0 bridgehead atoms. The van der Waals surface area contributed by atoms with Crippen molar-refractivity contribution in [1.29, 1.82) is 0 Å². The van der Waals surface area contributed by atoms with Crippen LogP contribution in [0.1, 0.15) is 38.9 Å². The van der Waals surface area contributed by atoms with E-state index in [-0.39, 0.29) is 34.4 Å². The molecular weight excluding hydrogens is 310 g/mol. The molecule has 1 aromatic rings. The second kappa shape index (κ2) is 7.74. The molecule has 0 amide bonds. The topological polar surface area (TPSA) is 91.8 Å². The van der Waals surface area contributed by atoms with Crippen LogP contribution in [0.3, 0.4) is 0 Å². The van der Waals surface area contributed by atoms with Gasteiger partial charge in [0.05, 0.1) is 25.9 Å². The van der Waals surface area contributed by atoms with Gasteiger partial charge in [0.15, 0.2) is 5.75 Å². The van der Waals surface area contributed by atoms with Crippen LogP contribution in [0.4, 0.5) is 0 Å². The number of pyridine rings is 1. The maximum absolute atomic E-state index is 12.1. The summed E-state index contributed by atoms with van der Waals surface area (Å²) >= 11 is 6.04. The standard InChI is InChI=1S/C15H24ClNO5/c1-7(9(3)16)6-8(2)11(18)10-12(19)13(21-4)15(22-5)17-14(10)20/h7-9,11,18H,6H2,1-5H3,(H2,17,19,20)/t7-,8-,9-,11?/m0/s1. The fraction of sp³-hybridized carbons (Fsp3) is 0.667. The number of halogens is 1. The van der Waals surface area contributed by atoms with Crippen molar-refractivity contribution >= 4 is 11.6 Å². The first-order valence-electron chi connectivity index (χ1n) is 7.13. The predicted molar refractivity (Wildman–Crippen MR) is 85.1 cm³/mol. The average molecular weight is 334 g/mol. The monoisotopic (exact) mass is 333 g/mol. The zero-order valence-corrected chi connectivity index (χ0v) is 14.3. The second-order valence-electron chi connectivity index (χ2n) is 5.60. The first-order valence-corrected chi connectivity index (χ1v) is 7.57. The van der Waals surface area contributed by atoms with Gasteiger partial charge in [0, 0.05) is 5.38 Å². The molecule has 22 heavy (non-hydrogen) atoms. The number of rotatable bonds is 7. The van der Waals surface area contributed by atoms with Crippen molar-refractivity contribution in [3.8, 4) is 17.4 Å². The van der Waals surface area contributed by atoms with Crippen molar-refractivity contribution in [2.45, 2.75) is 38.7 Å². The van der Waals surface area contributed by atoms with Gasteiger partial charge in [-0.15, -0.1) is 11.6 Å². The molecule has 0 aromatic carbocycles. The zero-order valence-electron chi connectivity index (χ0n) is 13.5. The van der Waals surface area contributed by atoms with Crippen molar-refractivity contribution in [3.63, 3.8) is 0 Å². The number of aromatic amines is 1. The minimum absolute atomic E-state index is 0.0105. The number of ether oxygens (including phenoxy) is 2. The fourth-order valence-corrected chi connectivity index (χ4v) is 2.46. The number of methoxy groups -OCH3 is 2. The highest BCUT2D eigenvalue weighted by Gasteiger charge is 2.29. The van der Waals surface area contributed by atoms with Gasteiger partial charge in [-0.25, -0.2) is 0 Å². The van der Waals surface area contributed by atoms with Crippen LogP contribution in [0.5, 0.6) is 17.4 Å². The summed E-state index contributed by atoms with van der Waals surface area (Å²) in [5, 5.41) is 20.6. The number of alkyl halides is 1. The number of H-pyrrole nitrogens is 1. The van der Waals surface area contributed by atoms with E-state index in [4.69, 9.17) is 21.1 Å². The number of aliphatic hydroxyl groups excluding tert-OH is 1. The molecule has 3 N–H and O–H groups in total. The van der Waals surface area contributed by atoms with E-state index in [1.165, 1.54) is 14.2 Å². The van der Waals surface area contributed by atoms with Crippen LogP contribution in [0.15, 0.2) is 4.79 Å². The number of aromatic nitrogens is 1. The maximum atomic E-state index is 12.1. The van der Waals surface area contributed by atoms with Crippen LogP contribution < -0.4 is 15.0 Å². The van der Waals surface area contributed by atoms with E-state index in [1.54, 1.807) is 6.92 Å². The molecule has 0 aliphatic heterocycles. The molecule has 0 aliphatic carbocycles. The SMILES string of the molecule is COc1[nH]c(=O)c(C(O)[C@@H](C)C[C@H](C)[C@H](C)Cl)c(O)c1OC. The van der Waals surface area contributed by atoms with Crippen LogP contribution in [-0.2, 0) is 0 Å². The third kappa shape index (κ3) is 3.87. The minimum Gasteiger partial charge on any atom is -0.504 e. The Labute approximate surface area is 135 Å². The van der Waals surface area contributed by atoms with Crippen molar-refractivity contribution in [3.05, 3.63) is 15.9 Å². The quantitative estimate of drug-likeness (QED) is 0.666. The highest BCUT2D eigenvalue weighted by molar-refractivity contribution is 6.20. The summed E-state index contributed by atoms with van der Waals surface area (Å²) in [5.41, 5.74) is -0.736. The van der Waals surface area contributed by atoms with Crippen LogP contribution in [0.25, 0.3) is 0 Å². The summed E-state index contributed by atoms with van der Waals surface area (Å²) in [6, 6.07) is 0. The van der Waals surface area contributed by atoms with Gasteiger partial charge < -0.3 is 19.7 Å². The van der Waals surface area contributed by atoms with E-state index in [2.05, 4.69) is 4.98 Å². The third-order valence-corrected chi connectivity index (χ3v) is 4.35. The lowest BCUT2D eigenvalue weighted by Gasteiger charge is -2.24. The molecule has 0 spiro atoms. The Morgan fingerprint density at radius 2 is 1.77 bits per heavy atom. The normalized spacial score (nSPS) is 16.7. The Morgan fingerprint density at radius 1 is 1.18 bits per heavy atom. The van der Waals surface area contributed by atoms with E-state index >= 15 is 0 Å². The van der Waals surface area contributed by atoms with Gasteiger partial charge >= 0.3 is 0 Å². The highest BCUT2D eigenvalue weighted by atomic mass is 35.5. The Hall–Kier alpha value is -1.40. The Balaban J connectivity index is 3.18. The summed E-state index contributed by atoms with van der Waals surface area (Å²) < 4.78 is 9.98. The molecule has 1 unspecified atom stereocenters.